The molecule has 0 aromatic heterocycles. The molecule has 0 aliphatic carbocycles. The molecule has 8 heteroatoms. The van der Waals surface area contributed by atoms with E-state index in [-0.39, 0.29) is 17.1 Å². The minimum atomic E-state index is -0.524. The lowest BCUT2D eigenvalue weighted by atomic mass is 10.00. The minimum absolute atomic E-state index is 0.0950. The number of aromatic hydroxyl groups is 1. The largest absolute Gasteiger partial charge is 0.507 e. The van der Waals surface area contributed by atoms with Gasteiger partial charge in [0.1, 0.15) is 29.7 Å². The first-order chi connectivity index (χ1) is 19.6. The van der Waals surface area contributed by atoms with Gasteiger partial charge in [-0.05, 0) is 66.6 Å². The number of esters is 2. The van der Waals surface area contributed by atoms with Gasteiger partial charge in [0, 0.05) is 21.9 Å². The molecule has 0 amide bonds. The van der Waals surface area contributed by atoms with Crippen LogP contribution in [0.1, 0.15) is 37.4 Å². The second-order valence-electron chi connectivity index (χ2n) is 9.26. The lowest BCUT2D eigenvalue weighted by Gasteiger charge is -2.15. The first kappa shape index (κ1) is 29.0. The monoisotopic (exact) mass is 558 g/mol. The third-order valence-corrected chi connectivity index (χ3v) is 6.67. The van der Waals surface area contributed by atoms with Crippen LogP contribution in [0, 0.1) is 25.5 Å². The van der Waals surface area contributed by atoms with Gasteiger partial charge in [-0.1, -0.05) is 42.5 Å². The van der Waals surface area contributed by atoms with E-state index in [1.165, 1.54) is 44.6 Å². The van der Waals surface area contributed by atoms with Gasteiger partial charge in [0.25, 0.3) is 0 Å². The number of halogens is 2. The first-order valence-electron chi connectivity index (χ1n) is 12.6. The molecular formula is C33H28F2O6. The van der Waals surface area contributed by atoms with E-state index in [0.717, 1.165) is 10.9 Å². The Hall–Kier alpha value is -4.98. The van der Waals surface area contributed by atoms with E-state index in [1.807, 2.05) is 30.3 Å². The van der Waals surface area contributed by atoms with Gasteiger partial charge in [-0.15, -0.1) is 0 Å². The third-order valence-electron chi connectivity index (χ3n) is 6.67. The third kappa shape index (κ3) is 6.27. The number of phenolic OH excluding ortho intramolecular Hbond substituents is 1. The second-order valence-corrected chi connectivity index (χ2v) is 9.26. The molecule has 0 bridgehead atoms. The summed E-state index contributed by atoms with van der Waals surface area (Å²) in [5.41, 5.74) is 2.71. The fraction of sp³-hybridized carbons (Fsp3) is 0.152. The number of fused-ring (bicyclic) bond motifs is 2. The number of methoxy groups -OCH3 is 2. The van der Waals surface area contributed by atoms with E-state index < -0.39 is 17.8 Å². The van der Waals surface area contributed by atoms with Gasteiger partial charge < -0.3 is 19.3 Å². The Morgan fingerprint density at radius 1 is 0.707 bits per heavy atom. The topological polar surface area (TPSA) is 82.1 Å². The van der Waals surface area contributed by atoms with Crippen molar-refractivity contribution in [2.24, 2.45) is 0 Å². The van der Waals surface area contributed by atoms with Gasteiger partial charge >= 0.3 is 11.9 Å². The summed E-state index contributed by atoms with van der Waals surface area (Å²) in [6, 6.07) is 21.4. The van der Waals surface area contributed by atoms with Crippen LogP contribution in [0.3, 0.4) is 0 Å². The lowest BCUT2D eigenvalue weighted by Crippen LogP contribution is -2.07. The maximum Gasteiger partial charge on any atom is 0.338 e. The van der Waals surface area contributed by atoms with E-state index in [2.05, 4.69) is 4.74 Å². The molecule has 0 aliphatic heterocycles. The van der Waals surface area contributed by atoms with Crippen LogP contribution < -0.4 is 4.74 Å². The first-order valence-corrected chi connectivity index (χ1v) is 12.6. The molecule has 0 heterocycles. The minimum Gasteiger partial charge on any atom is -0.507 e. The van der Waals surface area contributed by atoms with Crippen molar-refractivity contribution in [3.8, 4) is 11.5 Å². The summed E-state index contributed by atoms with van der Waals surface area (Å²) in [6.07, 6.45) is 0. The van der Waals surface area contributed by atoms with Gasteiger partial charge in [-0.3, -0.25) is 0 Å². The normalized spacial score (nSPS) is 10.6. The summed E-state index contributed by atoms with van der Waals surface area (Å²) >= 11 is 0. The molecule has 0 atom stereocenters. The van der Waals surface area contributed by atoms with Crippen LogP contribution in [0.15, 0.2) is 78.9 Å². The summed E-state index contributed by atoms with van der Waals surface area (Å²) in [6.45, 7) is 3.70. The molecule has 5 aromatic rings. The van der Waals surface area contributed by atoms with Crippen molar-refractivity contribution >= 4 is 33.5 Å². The Labute approximate surface area is 235 Å². The van der Waals surface area contributed by atoms with Gasteiger partial charge in [-0.2, -0.15) is 0 Å². The van der Waals surface area contributed by atoms with Crippen molar-refractivity contribution in [1.82, 2.24) is 0 Å². The fourth-order valence-corrected chi connectivity index (χ4v) is 4.45. The number of phenols is 1. The van der Waals surface area contributed by atoms with Crippen molar-refractivity contribution < 1.29 is 37.7 Å². The lowest BCUT2D eigenvalue weighted by molar-refractivity contribution is 0.0590. The van der Waals surface area contributed by atoms with Gasteiger partial charge in [0.2, 0.25) is 0 Å². The summed E-state index contributed by atoms with van der Waals surface area (Å²) in [5.74, 6) is -1.35. The van der Waals surface area contributed by atoms with E-state index in [1.54, 1.807) is 32.0 Å². The highest BCUT2D eigenvalue weighted by Gasteiger charge is 2.18. The molecule has 0 fully saturated rings. The van der Waals surface area contributed by atoms with Gasteiger partial charge in [0.15, 0.2) is 0 Å². The molecule has 5 rings (SSSR count). The van der Waals surface area contributed by atoms with Crippen molar-refractivity contribution in [3.05, 3.63) is 118 Å². The molecular weight excluding hydrogens is 530 g/mol. The SMILES string of the molecule is COC(=O)c1cc2ccc(F)cc2c(O)c1C.COC(=O)c1cc2ccc(F)cc2c(OCc2ccccc2)c1C. The average Bonchev–Trinajstić information content (AvgIpc) is 2.98. The van der Waals surface area contributed by atoms with Crippen LogP contribution in [-0.4, -0.2) is 31.3 Å². The molecule has 0 saturated heterocycles. The number of carbonyl (C=O) groups is 2. The van der Waals surface area contributed by atoms with Crippen LogP contribution >= 0.6 is 0 Å². The average molecular weight is 559 g/mol. The molecule has 0 saturated carbocycles. The smallest absolute Gasteiger partial charge is 0.338 e. The molecule has 210 valence electrons. The van der Waals surface area contributed by atoms with E-state index in [4.69, 9.17) is 9.47 Å². The van der Waals surface area contributed by atoms with Crippen molar-refractivity contribution in [2.45, 2.75) is 20.5 Å². The van der Waals surface area contributed by atoms with Crippen LogP contribution in [0.5, 0.6) is 11.5 Å². The van der Waals surface area contributed by atoms with Crippen molar-refractivity contribution in [2.75, 3.05) is 14.2 Å². The molecule has 0 spiro atoms. The number of hydrogen-bond donors (Lipinski definition) is 1. The number of benzene rings is 5. The Morgan fingerprint density at radius 3 is 1.78 bits per heavy atom. The Bertz CT molecular complexity index is 1750. The van der Waals surface area contributed by atoms with Crippen LogP contribution in [-0.2, 0) is 16.1 Å². The Morgan fingerprint density at radius 2 is 1.22 bits per heavy atom. The molecule has 1 N–H and O–H groups in total. The second kappa shape index (κ2) is 12.5. The summed E-state index contributed by atoms with van der Waals surface area (Å²) in [5, 5.41) is 12.3. The zero-order valence-corrected chi connectivity index (χ0v) is 23.0. The van der Waals surface area contributed by atoms with E-state index >= 15 is 0 Å². The fourth-order valence-electron chi connectivity index (χ4n) is 4.45. The number of hydrogen-bond acceptors (Lipinski definition) is 6. The highest BCUT2D eigenvalue weighted by Crippen LogP contribution is 2.34. The standard InChI is InChI=1S/C20H17FO3.C13H11FO3/c1-13-17(20(22)23-2)10-15-8-9-16(21)11-18(15)19(13)24-12-14-6-4-3-5-7-14;1-7-10(13(16)17-2)5-8-3-4-9(14)6-11(8)12(7)15/h3-11H,12H2,1-2H3;3-6,15H,1-2H3. The molecule has 41 heavy (non-hydrogen) atoms. The molecule has 0 unspecified atom stereocenters. The molecule has 5 aromatic carbocycles. The number of carbonyl (C=O) groups excluding carboxylic acids is 2. The van der Waals surface area contributed by atoms with Crippen LogP contribution in [0.2, 0.25) is 0 Å². The Kier molecular flexibility index (Phi) is 8.82. The molecule has 0 aliphatic rings. The zero-order valence-electron chi connectivity index (χ0n) is 23.0. The maximum absolute atomic E-state index is 13.7. The van der Waals surface area contributed by atoms with Crippen LogP contribution in [0.25, 0.3) is 21.5 Å². The maximum atomic E-state index is 13.7. The highest BCUT2D eigenvalue weighted by atomic mass is 19.1. The number of rotatable bonds is 5. The van der Waals surface area contributed by atoms with Crippen LogP contribution in [0.4, 0.5) is 8.78 Å². The quantitative estimate of drug-likeness (QED) is 0.226. The summed E-state index contributed by atoms with van der Waals surface area (Å²) in [4.78, 5) is 23.5. The predicted molar refractivity (Wildman–Crippen MR) is 152 cm³/mol. The summed E-state index contributed by atoms with van der Waals surface area (Å²) in [7, 11) is 2.61. The molecule has 0 radical (unpaired) electrons. The Balaban J connectivity index is 0.000000201. The molecule has 6 nitrogen and oxygen atoms in total. The number of ether oxygens (including phenoxy) is 3. The predicted octanol–water partition coefficient (Wildman–Crippen LogP) is 7.43. The zero-order chi connectivity index (χ0) is 29.7. The van der Waals surface area contributed by atoms with Crippen molar-refractivity contribution in [1.29, 1.82) is 0 Å². The van der Waals surface area contributed by atoms with Gasteiger partial charge in [0.05, 0.1) is 25.3 Å². The van der Waals surface area contributed by atoms with E-state index in [0.29, 0.717) is 45.2 Å². The highest BCUT2D eigenvalue weighted by molar-refractivity contribution is 6.01. The van der Waals surface area contributed by atoms with Crippen molar-refractivity contribution in [3.63, 3.8) is 0 Å². The van der Waals surface area contributed by atoms with Gasteiger partial charge in [-0.25, -0.2) is 18.4 Å². The van der Waals surface area contributed by atoms with E-state index in [9.17, 15) is 23.5 Å². The summed E-state index contributed by atoms with van der Waals surface area (Å²) < 4.78 is 42.2.